The molecular formula is C36H58N4O5. The molecule has 45 heavy (non-hydrogen) atoms. The summed E-state index contributed by atoms with van der Waals surface area (Å²) in [5, 5.41) is 27.9. The summed E-state index contributed by atoms with van der Waals surface area (Å²) >= 11 is 0. The van der Waals surface area contributed by atoms with E-state index in [0.29, 0.717) is 38.3 Å². The van der Waals surface area contributed by atoms with Crippen LogP contribution in [0.4, 0.5) is 0 Å². The molecule has 1 aliphatic carbocycles. The van der Waals surface area contributed by atoms with Gasteiger partial charge in [-0.15, -0.1) is 12.3 Å². The number of aliphatic hydroxyl groups is 2. The number of nitrogens with one attached hydrogen (secondary N) is 2. The quantitative estimate of drug-likeness (QED) is 0.175. The monoisotopic (exact) mass is 626 g/mol. The van der Waals surface area contributed by atoms with Crippen LogP contribution in [0.5, 0.6) is 0 Å². The third-order valence-electron chi connectivity index (χ3n) is 8.79. The molecule has 0 aliphatic heterocycles. The number of amides is 3. The Labute approximate surface area is 271 Å². The van der Waals surface area contributed by atoms with Gasteiger partial charge >= 0.3 is 0 Å². The molecule has 3 amide bonds. The van der Waals surface area contributed by atoms with Crippen LogP contribution in [0.1, 0.15) is 83.6 Å². The molecule has 0 aromatic heterocycles. The molecule has 0 bridgehead atoms. The Morgan fingerprint density at radius 2 is 1.64 bits per heavy atom. The minimum atomic E-state index is -1.14. The SMILES string of the molecule is C#CCC[C@H](NC(=O)[C@@H](CC(=O)N(C)CCN(C)C)Cc1ccccc1)C(=O)NC(CC1CCCCC1)[C@@H](O)[C@@H](O)CC(C)C. The van der Waals surface area contributed by atoms with Crippen molar-refractivity contribution in [2.24, 2.45) is 17.8 Å². The first kappa shape index (κ1) is 38.3. The fraction of sp³-hybridized carbons (Fsp3) is 0.694. The van der Waals surface area contributed by atoms with Crippen molar-refractivity contribution in [1.82, 2.24) is 20.4 Å². The van der Waals surface area contributed by atoms with E-state index in [1.54, 1.807) is 11.9 Å². The maximum absolute atomic E-state index is 13.8. The van der Waals surface area contributed by atoms with E-state index in [1.165, 1.54) is 6.42 Å². The second-order valence-corrected chi connectivity index (χ2v) is 13.6. The van der Waals surface area contributed by atoms with Gasteiger partial charge in [0.25, 0.3) is 0 Å². The Hall–Kier alpha value is -2.93. The number of likely N-dealkylation sites (N-methyl/N-ethyl adjacent to an activating group) is 2. The predicted molar refractivity (Wildman–Crippen MR) is 179 cm³/mol. The highest BCUT2D eigenvalue weighted by molar-refractivity contribution is 5.91. The van der Waals surface area contributed by atoms with E-state index < -0.39 is 42.0 Å². The molecule has 0 radical (unpaired) electrons. The molecule has 1 unspecified atom stereocenters. The lowest BCUT2D eigenvalue weighted by Gasteiger charge is -2.34. The van der Waals surface area contributed by atoms with Crippen molar-refractivity contribution in [2.75, 3.05) is 34.2 Å². The minimum Gasteiger partial charge on any atom is -0.390 e. The number of rotatable bonds is 19. The zero-order chi connectivity index (χ0) is 33.4. The molecule has 0 heterocycles. The lowest BCUT2D eigenvalue weighted by Crippen LogP contribution is -2.56. The van der Waals surface area contributed by atoms with Crippen molar-refractivity contribution < 1.29 is 24.6 Å². The molecule has 0 saturated heterocycles. The molecule has 1 fully saturated rings. The van der Waals surface area contributed by atoms with Crippen molar-refractivity contribution in [3.05, 3.63) is 35.9 Å². The van der Waals surface area contributed by atoms with Gasteiger partial charge in [-0.3, -0.25) is 14.4 Å². The van der Waals surface area contributed by atoms with Crippen LogP contribution in [0.2, 0.25) is 0 Å². The van der Waals surface area contributed by atoms with Crippen LogP contribution in [0.25, 0.3) is 0 Å². The van der Waals surface area contributed by atoms with Gasteiger partial charge in [0.2, 0.25) is 17.7 Å². The van der Waals surface area contributed by atoms with E-state index in [-0.39, 0.29) is 31.1 Å². The lowest BCUT2D eigenvalue weighted by atomic mass is 9.82. The maximum Gasteiger partial charge on any atom is 0.242 e. The van der Waals surface area contributed by atoms with Crippen LogP contribution in [0, 0.1) is 30.1 Å². The number of terminal acetylenes is 1. The Morgan fingerprint density at radius 1 is 0.978 bits per heavy atom. The van der Waals surface area contributed by atoms with E-state index in [1.807, 2.05) is 63.2 Å². The molecule has 2 rings (SSSR count). The van der Waals surface area contributed by atoms with Gasteiger partial charge in [0.05, 0.1) is 18.1 Å². The first-order valence-electron chi connectivity index (χ1n) is 16.7. The average molecular weight is 627 g/mol. The van der Waals surface area contributed by atoms with E-state index in [0.717, 1.165) is 31.2 Å². The first-order chi connectivity index (χ1) is 21.4. The highest BCUT2D eigenvalue weighted by Crippen LogP contribution is 2.29. The van der Waals surface area contributed by atoms with Gasteiger partial charge < -0.3 is 30.6 Å². The molecule has 0 spiro atoms. The highest BCUT2D eigenvalue weighted by Gasteiger charge is 2.34. The maximum atomic E-state index is 13.8. The summed E-state index contributed by atoms with van der Waals surface area (Å²) in [6.45, 7) is 5.19. The van der Waals surface area contributed by atoms with Crippen molar-refractivity contribution >= 4 is 17.7 Å². The van der Waals surface area contributed by atoms with Crippen LogP contribution < -0.4 is 10.6 Å². The molecule has 1 saturated carbocycles. The number of benzene rings is 1. The minimum absolute atomic E-state index is 0.00144. The molecular weight excluding hydrogens is 568 g/mol. The number of aliphatic hydroxyl groups excluding tert-OH is 2. The van der Waals surface area contributed by atoms with E-state index in [4.69, 9.17) is 6.42 Å². The summed E-state index contributed by atoms with van der Waals surface area (Å²) in [6.07, 6.45) is 10.7. The normalized spacial score (nSPS) is 17.2. The summed E-state index contributed by atoms with van der Waals surface area (Å²) in [5.41, 5.74) is 0.917. The average Bonchev–Trinajstić information content (AvgIpc) is 3.01. The van der Waals surface area contributed by atoms with Gasteiger partial charge in [0, 0.05) is 33.0 Å². The van der Waals surface area contributed by atoms with E-state index in [2.05, 4.69) is 16.6 Å². The number of nitrogens with zero attached hydrogens (tertiary/aromatic N) is 2. The lowest BCUT2D eigenvalue weighted by molar-refractivity contribution is -0.137. The second-order valence-electron chi connectivity index (χ2n) is 13.6. The van der Waals surface area contributed by atoms with Gasteiger partial charge in [-0.25, -0.2) is 0 Å². The fourth-order valence-electron chi connectivity index (χ4n) is 6.02. The van der Waals surface area contributed by atoms with Crippen molar-refractivity contribution in [3.8, 4) is 12.3 Å². The van der Waals surface area contributed by atoms with Gasteiger partial charge in [0.1, 0.15) is 12.1 Å². The highest BCUT2D eigenvalue weighted by atomic mass is 16.3. The number of hydrogen-bond donors (Lipinski definition) is 4. The zero-order valence-corrected chi connectivity index (χ0v) is 28.2. The Balaban J connectivity index is 2.24. The summed E-state index contributed by atoms with van der Waals surface area (Å²) in [6, 6.07) is 7.91. The third kappa shape index (κ3) is 14.4. The molecule has 1 aliphatic rings. The largest absolute Gasteiger partial charge is 0.390 e. The standard InChI is InChI=1S/C36H58N4O5/c1-7-8-19-30(36(45)38-31(24-28-17-13-10-14-18-28)34(43)32(41)22-26(2)3)37-35(44)29(23-27-15-11-9-12-16-27)25-33(42)40(6)21-20-39(4)5/h1,9,11-12,15-16,26,28-32,34,41,43H,8,10,13-14,17-25H2,2-6H3,(H,37,44)(H,38,45)/t29-,30+,31?,32+,34-/m1/s1. The van der Waals surface area contributed by atoms with Gasteiger partial charge in [-0.1, -0.05) is 76.3 Å². The summed E-state index contributed by atoms with van der Waals surface area (Å²) in [5.74, 6) is 1.40. The Morgan fingerprint density at radius 3 is 2.24 bits per heavy atom. The molecule has 5 atom stereocenters. The van der Waals surface area contributed by atoms with Crippen molar-refractivity contribution in [3.63, 3.8) is 0 Å². The molecule has 252 valence electrons. The smallest absolute Gasteiger partial charge is 0.242 e. The molecule has 1 aromatic carbocycles. The molecule has 9 heteroatoms. The number of carbonyl (C=O) groups excluding carboxylic acids is 3. The van der Waals surface area contributed by atoms with Crippen molar-refractivity contribution in [1.29, 1.82) is 0 Å². The van der Waals surface area contributed by atoms with Gasteiger partial charge in [-0.2, -0.15) is 0 Å². The topological polar surface area (TPSA) is 122 Å². The predicted octanol–water partition coefficient (Wildman–Crippen LogP) is 3.38. The summed E-state index contributed by atoms with van der Waals surface area (Å²) in [4.78, 5) is 44.4. The van der Waals surface area contributed by atoms with Gasteiger partial charge in [-0.05, 0) is 57.2 Å². The Bertz CT molecular complexity index is 1070. The van der Waals surface area contributed by atoms with Crippen LogP contribution in [0.15, 0.2) is 30.3 Å². The van der Waals surface area contributed by atoms with E-state index in [9.17, 15) is 24.6 Å². The zero-order valence-electron chi connectivity index (χ0n) is 28.2. The second kappa shape index (κ2) is 20.2. The summed E-state index contributed by atoms with van der Waals surface area (Å²) < 4.78 is 0. The first-order valence-corrected chi connectivity index (χ1v) is 16.7. The van der Waals surface area contributed by atoms with Gasteiger partial charge in [0.15, 0.2) is 0 Å². The summed E-state index contributed by atoms with van der Waals surface area (Å²) in [7, 11) is 5.61. The van der Waals surface area contributed by atoms with Crippen LogP contribution in [0.3, 0.4) is 0 Å². The molecule has 1 aromatic rings. The molecule has 9 nitrogen and oxygen atoms in total. The number of hydrogen-bond acceptors (Lipinski definition) is 6. The fourth-order valence-corrected chi connectivity index (χ4v) is 6.02. The van der Waals surface area contributed by atoms with Crippen molar-refractivity contribution in [2.45, 2.75) is 109 Å². The number of carbonyl (C=O) groups is 3. The van der Waals surface area contributed by atoms with E-state index >= 15 is 0 Å². The Kier molecular flexibility index (Phi) is 17.2. The van der Waals surface area contributed by atoms with Crippen LogP contribution in [-0.2, 0) is 20.8 Å². The van der Waals surface area contributed by atoms with Crippen LogP contribution in [-0.4, -0.2) is 96.3 Å². The third-order valence-corrected chi connectivity index (χ3v) is 8.79. The van der Waals surface area contributed by atoms with Crippen LogP contribution >= 0.6 is 0 Å². The molecule has 4 N–H and O–H groups in total.